The van der Waals surface area contributed by atoms with Crippen molar-refractivity contribution < 1.29 is 17.6 Å². The van der Waals surface area contributed by atoms with Gasteiger partial charge < -0.3 is 5.73 Å². The number of hydrogen-bond acceptors (Lipinski definition) is 3. The van der Waals surface area contributed by atoms with Crippen molar-refractivity contribution in [3.05, 3.63) is 29.1 Å². The zero-order valence-electron chi connectivity index (χ0n) is 12.0. The second kappa shape index (κ2) is 5.49. The first-order valence-corrected chi connectivity index (χ1v) is 7.52. The van der Waals surface area contributed by atoms with Gasteiger partial charge in [-0.3, -0.25) is 4.79 Å². The summed E-state index contributed by atoms with van der Waals surface area (Å²) in [6.07, 6.45) is -0.134. The molecule has 1 rings (SSSR count). The van der Waals surface area contributed by atoms with Crippen LogP contribution in [0.1, 0.15) is 31.4 Å². The second-order valence-corrected chi connectivity index (χ2v) is 7.19. The molecular weight excluding hydrogens is 283 g/mol. The molecule has 112 valence electrons. The largest absolute Gasteiger partial charge is 0.370 e. The van der Waals surface area contributed by atoms with E-state index in [9.17, 15) is 17.6 Å². The molecule has 0 aliphatic heterocycles. The second-order valence-electron chi connectivity index (χ2n) is 5.50. The Morgan fingerprint density at radius 2 is 1.75 bits per heavy atom. The summed E-state index contributed by atoms with van der Waals surface area (Å²) in [7, 11) is -3.85. The van der Waals surface area contributed by atoms with Crippen molar-refractivity contribution in [2.45, 2.75) is 44.6 Å². The van der Waals surface area contributed by atoms with Crippen molar-refractivity contribution in [1.29, 1.82) is 0 Å². The molecule has 7 heteroatoms. The van der Waals surface area contributed by atoms with E-state index in [1.165, 1.54) is 26.0 Å². The molecule has 5 nitrogen and oxygen atoms in total. The molecule has 0 aromatic heterocycles. The predicted molar refractivity (Wildman–Crippen MR) is 74.1 cm³/mol. The summed E-state index contributed by atoms with van der Waals surface area (Å²) >= 11 is 0. The highest BCUT2D eigenvalue weighted by molar-refractivity contribution is 7.89. The zero-order valence-corrected chi connectivity index (χ0v) is 12.8. The van der Waals surface area contributed by atoms with Gasteiger partial charge in [0.15, 0.2) is 0 Å². The van der Waals surface area contributed by atoms with Gasteiger partial charge in [0.25, 0.3) is 0 Å². The van der Waals surface area contributed by atoms with Crippen LogP contribution in [0.5, 0.6) is 0 Å². The zero-order chi connectivity index (χ0) is 15.7. The van der Waals surface area contributed by atoms with Gasteiger partial charge in [-0.1, -0.05) is 0 Å². The molecule has 0 unspecified atom stereocenters. The molecule has 0 radical (unpaired) electrons. The first-order valence-electron chi connectivity index (χ1n) is 6.04. The first kappa shape index (κ1) is 16.6. The number of rotatable bonds is 5. The third-order valence-corrected chi connectivity index (χ3v) is 4.42. The fourth-order valence-electron chi connectivity index (χ4n) is 1.96. The molecule has 0 spiro atoms. The Hall–Kier alpha value is -1.47. The van der Waals surface area contributed by atoms with Crippen LogP contribution >= 0.6 is 0 Å². The van der Waals surface area contributed by atoms with Crippen molar-refractivity contribution >= 4 is 15.9 Å². The predicted octanol–water partition coefficient (Wildman–Crippen LogP) is 1.37. The summed E-state index contributed by atoms with van der Waals surface area (Å²) in [4.78, 5) is 10.9. The van der Waals surface area contributed by atoms with Crippen LogP contribution in [0.4, 0.5) is 4.39 Å². The van der Waals surface area contributed by atoms with Crippen molar-refractivity contribution in [2.75, 3.05) is 0 Å². The first-order chi connectivity index (χ1) is 8.94. The number of aryl methyl sites for hydroxylation is 2. The van der Waals surface area contributed by atoms with E-state index in [0.29, 0.717) is 0 Å². The monoisotopic (exact) mass is 302 g/mol. The van der Waals surface area contributed by atoms with Gasteiger partial charge in [0.2, 0.25) is 15.9 Å². The Labute approximate surface area is 118 Å². The van der Waals surface area contributed by atoms with Gasteiger partial charge >= 0.3 is 0 Å². The normalized spacial score (nSPS) is 12.4. The number of nitrogens with two attached hydrogens (primary N) is 1. The van der Waals surface area contributed by atoms with Gasteiger partial charge in [-0.15, -0.1) is 0 Å². The van der Waals surface area contributed by atoms with E-state index in [1.807, 2.05) is 0 Å². The number of nitrogens with one attached hydrogen (secondary N) is 1. The number of halogens is 1. The fourth-order valence-corrected chi connectivity index (χ4v) is 3.54. The molecule has 0 aliphatic rings. The molecule has 0 aliphatic carbocycles. The number of carbonyl (C=O) groups excluding carboxylic acids is 1. The highest BCUT2D eigenvalue weighted by Gasteiger charge is 2.28. The Balaban J connectivity index is 3.15. The van der Waals surface area contributed by atoms with Crippen LogP contribution in [0.3, 0.4) is 0 Å². The number of amides is 1. The van der Waals surface area contributed by atoms with Crippen LogP contribution in [0.25, 0.3) is 0 Å². The molecule has 0 saturated carbocycles. The van der Waals surface area contributed by atoms with Crippen molar-refractivity contribution in [3.8, 4) is 0 Å². The van der Waals surface area contributed by atoms with Gasteiger partial charge in [0, 0.05) is 12.0 Å². The van der Waals surface area contributed by atoms with Gasteiger partial charge in [-0.05, 0) is 51.0 Å². The van der Waals surface area contributed by atoms with Gasteiger partial charge in [0.05, 0.1) is 4.90 Å². The van der Waals surface area contributed by atoms with Crippen LogP contribution in [0.2, 0.25) is 0 Å². The molecule has 1 aromatic rings. The van der Waals surface area contributed by atoms with Crippen molar-refractivity contribution in [1.82, 2.24) is 4.72 Å². The average Bonchev–Trinajstić information content (AvgIpc) is 2.21. The lowest BCUT2D eigenvalue weighted by Crippen LogP contribution is -2.45. The molecule has 1 aromatic carbocycles. The lowest BCUT2D eigenvalue weighted by atomic mass is 10.0. The molecule has 1 amide bonds. The lowest BCUT2D eigenvalue weighted by Gasteiger charge is -2.24. The topological polar surface area (TPSA) is 89.3 Å². The van der Waals surface area contributed by atoms with Crippen LogP contribution < -0.4 is 10.5 Å². The number of primary amides is 1. The Morgan fingerprint density at radius 3 is 2.15 bits per heavy atom. The van der Waals surface area contributed by atoms with E-state index in [0.717, 1.165) is 0 Å². The van der Waals surface area contributed by atoms with Crippen molar-refractivity contribution in [3.63, 3.8) is 0 Å². The van der Waals surface area contributed by atoms with Crippen LogP contribution in [-0.2, 0) is 14.8 Å². The van der Waals surface area contributed by atoms with E-state index in [2.05, 4.69) is 4.72 Å². The summed E-state index contributed by atoms with van der Waals surface area (Å²) in [6.45, 7) is 6.10. The number of sulfonamides is 1. The minimum absolute atomic E-state index is 0.0357. The van der Waals surface area contributed by atoms with E-state index < -0.39 is 27.3 Å². The summed E-state index contributed by atoms with van der Waals surface area (Å²) in [6, 6.07) is 2.51. The highest BCUT2D eigenvalue weighted by Crippen LogP contribution is 2.20. The molecule has 0 heterocycles. The Morgan fingerprint density at radius 1 is 1.30 bits per heavy atom. The van der Waals surface area contributed by atoms with Crippen LogP contribution in [-0.4, -0.2) is 19.9 Å². The fraction of sp³-hybridized carbons (Fsp3) is 0.462. The maximum absolute atomic E-state index is 13.5. The minimum Gasteiger partial charge on any atom is -0.370 e. The summed E-state index contributed by atoms with van der Waals surface area (Å²) < 4.78 is 40.5. The smallest absolute Gasteiger partial charge is 0.241 e. The molecule has 0 bridgehead atoms. The molecular formula is C13H19FN2O3S. The minimum atomic E-state index is -3.85. The molecule has 0 saturated heterocycles. The third-order valence-electron chi connectivity index (χ3n) is 2.75. The SMILES string of the molecule is Cc1cc(S(=O)(=O)NC(C)(C)CC(N)=O)cc(C)c1F. The Kier molecular flexibility index (Phi) is 4.55. The standard InChI is InChI=1S/C13H19FN2O3S/c1-8-5-10(6-9(2)12(8)14)20(18,19)16-13(3,4)7-11(15)17/h5-6,16H,7H2,1-4H3,(H2,15,17). The molecule has 0 fully saturated rings. The maximum Gasteiger partial charge on any atom is 0.241 e. The molecule has 20 heavy (non-hydrogen) atoms. The van der Waals surface area contributed by atoms with Gasteiger partial charge in [0.1, 0.15) is 5.82 Å². The van der Waals surface area contributed by atoms with E-state index in [-0.39, 0.29) is 22.4 Å². The Bertz CT molecular complexity index is 616. The van der Waals surface area contributed by atoms with Crippen LogP contribution in [0.15, 0.2) is 17.0 Å². The maximum atomic E-state index is 13.5. The summed E-state index contributed by atoms with van der Waals surface area (Å²) in [5.41, 5.74) is 4.56. The van der Waals surface area contributed by atoms with E-state index in [4.69, 9.17) is 5.73 Å². The van der Waals surface area contributed by atoms with Crippen molar-refractivity contribution in [2.24, 2.45) is 5.73 Å². The number of carbonyl (C=O) groups is 1. The van der Waals surface area contributed by atoms with Gasteiger partial charge in [-0.2, -0.15) is 0 Å². The highest BCUT2D eigenvalue weighted by atomic mass is 32.2. The number of hydrogen-bond donors (Lipinski definition) is 2. The summed E-state index contributed by atoms with van der Waals surface area (Å²) in [5, 5.41) is 0. The lowest BCUT2D eigenvalue weighted by molar-refractivity contribution is -0.119. The van der Waals surface area contributed by atoms with Gasteiger partial charge in [-0.25, -0.2) is 17.5 Å². The quantitative estimate of drug-likeness (QED) is 0.861. The average molecular weight is 302 g/mol. The summed E-state index contributed by atoms with van der Waals surface area (Å²) in [5.74, 6) is -1.04. The third kappa shape index (κ3) is 4.01. The van der Waals surface area contributed by atoms with E-state index >= 15 is 0 Å². The molecule has 3 N–H and O–H groups in total. The van der Waals surface area contributed by atoms with Crippen LogP contribution in [0, 0.1) is 19.7 Å². The van der Waals surface area contributed by atoms with E-state index in [1.54, 1.807) is 13.8 Å². The molecule has 0 atom stereocenters. The number of benzene rings is 1.